The molecule has 0 amide bonds. The van der Waals surface area contributed by atoms with E-state index in [1.54, 1.807) is 48.5 Å². The second-order valence-corrected chi connectivity index (χ2v) is 5.68. The molecule has 0 atom stereocenters. The van der Waals surface area contributed by atoms with E-state index in [2.05, 4.69) is 4.98 Å². The molecule has 0 fully saturated rings. The number of ether oxygens (including phenoxy) is 1. The SMILES string of the molecule is CCCOc1cccc(C(=O)n2c(=S)[nH]c3ccccc3c2=O)c1. The van der Waals surface area contributed by atoms with E-state index in [1.807, 2.05) is 6.92 Å². The summed E-state index contributed by atoms with van der Waals surface area (Å²) in [4.78, 5) is 28.3. The Morgan fingerprint density at radius 2 is 2.00 bits per heavy atom. The molecular formula is C18H16N2O3S. The number of hydrogen-bond acceptors (Lipinski definition) is 4. The maximum absolute atomic E-state index is 12.8. The zero-order valence-corrected chi connectivity index (χ0v) is 13.9. The van der Waals surface area contributed by atoms with Crippen LogP contribution >= 0.6 is 12.2 Å². The lowest BCUT2D eigenvalue weighted by Gasteiger charge is -2.09. The molecule has 0 radical (unpaired) electrons. The fourth-order valence-corrected chi connectivity index (χ4v) is 2.69. The molecule has 3 rings (SSSR count). The molecule has 1 heterocycles. The highest BCUT2D eigenvalue weighted by atomic mass is 32.1. The number of aromatic amines is 1. The van der Waals surface area contributed by atoms with Gasteiger partial charge in [0.25, 0.3) is 11.5 Å². The van der Waals surface area contributed by atoms with Crippen LogP contribution in [0.3, 0.4) is 0 Å². The molecular weight excluding hydrogens is 324 g/mol. The first-order valence-corrected chi connectivity index (χ1v) is 8.04. The summed E-state index contributed by atoms with van der Waals surface area (Å²) in [6, 6.07) is 13.7. The Balaban J connectivity index is 2.09. The van der Waals surface area contributed by atoms with Gasteiger partial charge in [-0.25, -0.2) is 4.57 Å². The normalized spacial score (nSPS) is 10.7. The smallest absolute Gasteiger partial charge is 0.269 e. The van der Waals surface area contributed by atoms with Crippen molar-refractivity contribution in [1.29, 1.82) is 0 Å². The molecule has 1 N–H and O–H groups in total. The maximum Gasteiger partial charge on any atom is 0.269 e. The van der Waals surface area contributed by atoms with Crippen molar-refractivity contribution >= 4 is 29.0 Å². The fraction of sp³-hybridized carbons (Fsp3) is 0.167. The van der Waals surface area contributed by atoms with Gasteiger partial charge in [-0.2, -0.15) is 0 Å². The minimum atomic E-state index is -0.478. The number of benzene rings is 2. The molecule has 3 aromatic rings. The minimum Gasteiger partial charge on any atom is -0.494 e. The summed E-state index contributed by atoms with van der Waals surface area (Å²) >= 11 is 5.20. The zero-order chi connectivity index (χ0) is 17.1. The second-order valence-electron chi connectivity index (χ2n) is 5.30. The molecule has 1 aromatic heterocycles. The van der Waals surface area contributed by atoms with Crippen molar-refractivity contribution in [3.05, 3.63) is 69.2 Å². The quantitative estimate of drug-likeness (QED) is 0.738. The van der Waals surface area contributed by atoms with E-state index in [9.17, 15) is 9.59 Å². The molecule has 24 heavy (non-hydrogen) atoms. The first-order chi connectivity index (χ1) is 11.6. The van der Waals surface area contributed by atoms with Crippen LogP contribution in [-0.4, -0.2) is 22.1 Å². The summed E-state index contributed by atoms with van der Waals surface area (Å²) in [5.41, 5.74) is 0.524. The van der Waals surface area contributed by atoms with E-state index < -0.39 is 11.5 Å². The number of nitrogens with zero attached hydrogens (tertiary/aromatic N) is 1. The Hall–Kier alpha value is -2.73. The van der Waals surface area contributed by atoms with Crippen LogP contribution in [0.4, 0.5) is 0 Å². The molecule has 2 aromatic carbocycles. The van der Waals surface area contributed by atoms with Crippen LogP contribution in [0.2, 0.25) is 0 Å². The van der Waals surface area contributed by atoms with Gasteiger partial charge in [0.05, 0.1) is 17.5 Å². The predicted octanol–water partition coefficient (Wildman–Crippen LogP) is 3.54. The van der Waals surface area contributed by atoms with E-state index in [1.165, 1.54) is 0 Å². The van der Waals surface area contributed by atoms with Crippen molar-refractivity contribution in [3.8, 4) is 5.75 Å². The Kier molecular flexibility index (Phi) is 4.57. The van der Waals surface area contributed by atoms with Gasteiger partial charge in [0.2, 0.25) is 0 Å². The number of carbonyl (C=O) groups excluding carboxylic acids is 1. The fourth-order valence-electron chi connectivity index (χ4n) is 2.41. The van der Waals surface area contributed by atoms with Crippen molar-refractivity contribution in [1.82, 2.24) is 9.55 Å². The van der Waals surface area contributed by atoms with Crippen molar-refractivity contribution in [3.63, 3.8) is 0 Å². The highest BCUT2D eigenvalue weighted by Gasteiger charge is 2.15. The molecule has 5 nitrogen and oxygen atoms in total. The number of carbonyl (C=O) groups is 1. The molecule has 0 aliphatic heterocycles. The second kappa shape index (κ2) is 6.80. The Morgan fingerprint density at radius 1 is 1.21 bits per heavy atom. The molecule has 0 aliphatic rings. The average Bonchev–Trinajstić information content (AvgIpc) is 2.60. The van der Waals surface area contributed by atoms with Crippen LogP contribution in [-0.2, 0) is 0 Å². The van der Waals surface area contributed by atoms with Crippen LogP contribution < -0.4 is 10.3 Å². The Bertz CT molecular complexity index is 1020. The standard InChI is InChI=1S/C18H16N2O3S/c1-2-10-23-13-7-5-6-12(11-13)16(21)20-17(22)14-8-3-4-9-15(14)19-18(20)24/h3-9,11H,2,10H2,1H3,(H,19,24). The molecule has 0 bridgehead atoms. The van der Waals surface area contributed by atoms with Crippen molar-refractivity contribution < 1.29 is 9.53 Å². The third-order valence-electron chi connectivity index (χ3n) is 3.56. The van der Waals surface area contributed by atoms with Gasteiger partial charge in [-0.1, -0.05) is 25.1 Å². The summed E-state index contributed by atoms with van der Waals surface area (Å²) in [6.45, 7) is 2.57. The number of fused-ring (bicyclic) bond motifs is 1. The highest BCUT2D eigenvalue weighted by molar-refractivity contribution is 7.71. The number of para-hydroxylation sites is 1. The van der Waals surface area contributed by atoms with Crippen LogP contribution in [0, 0.1) is 4.77 Å². The molecule has 0 unspecified atom stereocenters. The van der Waals surface area contributed by atoms with Gasteiger partial charge in [-0.3, -0.25) is 9.59 Å². The third kappa shape index (κ3) is 3.00. The van der Waals surface area contributed by atoms with Gasteiger partial charge in [0.1, 0.15) is 5.75 Å². The van der Waals surface area contributed by atoms with Gasteiger partial charge in [0.15, 0.2) is 4.77 Å². The van der Waals surface area contributed by atoms with E-state index in [4.69, 9.17) is 17.0 Å². The Labute approximate surface area is 143 Å². The molecule has 122 valence electrons. The average molecular weight is 340 g/mol. The number of aromatic nitrogens is 2. The van der Waals surface area contributed by atoms with Crippen molar-refractivity contribution in [2.75, 3.05) is 6.61 Å². The summed E-state index contributed by atoms with van der Waals surface area (Å²) in [5, 5.41) is 0.415. The number of nitrogens with one attached hydrogen (secondary N) is 1. The van der Waals surface area contributed by atoms with Crippen LogP contribution in [0.25, 0.3) is 10.9 Å². The molecule has 0 saturated heterocycles. The van der Waals surface area contributed by atoms with E-state index in [0.717, 1.165) is 11.0 Å². The lowest BCUT2D eigenvalue weighted by molar-refractivity contribution is 0.0953. The topological polar surface area (TPSA) is 64.1 Å². The van der Waals surface area contributed by atoms with E-state index in [0.29, 0.717) is 28.8 Å². The van der Waals surface area contributed by atoms with Crippen molar-refractivity contribution in [2.24, 2.45) is 0 Å². The van der Waals surface area contributed by atoms with Gasteiger partial charge < -0.3 is 9.72 Å². The number of rotatable bonds is 4. The van der Waals surface area contributed by atoms with Crippen LogP contribution in [0.1, 0.15) is 23.7 Å². The minimum absolute atomic E-state index is 0.0728. The lowest BCUT2D eigenvalue weighted by Crippen LogP contribution is -2.29. The zero-order valence-electron chi connectivity index (χ0n) is 13.1. The number of hydrogen-bond donors (Lipinski definition) is 1. The highest BCUT2D eigenvalue weighted by Crippen LogP contribution is 2.15. The largest absolute Gasteiger partial charge is 0.494 e. The summed E-state index contributed by atoms with van der Waals surface area (Å²) in [7, 11) is 0. The van der Waals surface area contributed by atoms with E-state index >= 15 is 0 Å². The lowest BCUT2D eigenvalue weighted by atomic mass is 10.2. The van der Waals surface area contributed by atoms with Crippen LogP contribution in [0.15, 0.2) is 53.3 Å². The Morgan fingerprint density at radius 3 is 2.79 bits per heavy atom. The first-order valence-electron chi connectivity index (χ1n) is 7.63. The van der Waals surface area contributed by atoms with Gasteiger partial charge in [0, 0.05) is 5.56 Å². The third-order valence-corrected chi connectivity index (χ3v) is 3.85. The first kappa shape index (κ1) is 16.1. The van der Waals surface area contributed by atoms with E-state index in [-0.39, 0.29) is 4.77 Å². The molecule has 0 aliphatic carbocycles. The summed E-state index contributed by atoms with van der Waals surface area (Å²) in [5.74, 6) is 0.111. The summed E-state index contributed by atoms with van der Waals surface area (Å²) in [6.07, 6.45) is 0.869. The summed E-state index contributed by atoms with van der Waals surface area (Å²) < 4.78 is 6.59. The van der Waals surface area contributed by atoms with Crippen LogP contribution in [0.5, 0.6) is 5.75 Å². The predicted molar refractivity (Wildman–Crippen MR) is 95.3 cm³/mol. The molecule has 6 heteroatoms. The van der Waals surface area contributed by atoms with Crippen molar-refractivity contribution in [2.45, 2.75) is 13.3 Å². The monoisotopic (exact) mass is 340 g/mol. The molecule has 0 spiro atoms. The van der Waals surface area contributed by atoms with Gasteiger partial charge >= 0.3 is 0 Å². The molecule has 0 saturated carbocycles. The number of H-pyrrole nitrogens is 1. The van der Waals surface area contributed by atoms with Gasteiger partial charge in [-0.05, 0) is 49.0 Å². The van der Waals surface area contributed by atoms with Gasteiger partial charge in [-0.15, -0.1) is 0 Å². The maximum atomic E-state index is 12.8.